The molecule has 1 aromatic carbocycles. The predicted octanol–water partition coefficient (Wildman–Crippen LogP) is 4.07. The number of hydrogen-bond acceptors (Lipinski definition) is 3. The van der Waals surface area contributed by atoms with E-state index in [1.165, 1.54) is 34.8 Å². The van der Waals surface area contributed by atoms with Gasteiger partial charge < -0.3 is 9.47 Å². The molecule has 0 aromatic heterocycles. The van der Waals surface area contributed by atoms with Crippen molar-refractivity contribution in [1.29, 1.82) is 0 Å². The molecule has 0 saturated carbocycles. The van der Waals surface area contributed by atoms with Crippen LogP contribution in [0.5, 0.6) is 5.75 Å². The molecule has 3 aliphatic carbocycles. The summed E-state index contributed by atoms with van der Waals surface area (Å²) in [6.07, 6.45) is 6.19. The van der Waals surface area contributed by atoms with Crippen LogP contribution in [0.1, 0.15) is 44.2 Å². The minimum absolute atomic E-state index is 0.0118. The van der Waals surface area contributed by atoms with Crippen molar-refractivity contribution in [2.24, 2.45) is 5.41 Å². The number of ether oxygens (including phenoxy) is 2. The fraction of sp³-hybridized carbons (Fsp3) is 0.450. The molecule has 1 aromatic rings. The summed E-state index contributed by atoms with van der Waals surface area (Å²) in [5.41, 5.74) is 7.04. The second-order valence-corrected chi connectivity index (χ2v) is 7.03. The number of hydrogen-bond donors (Lipinski definition) is 0. The van der Waals surface area contributed by atoms with Crippen LogP contribution in [0.4, 0.5) is 0 Å². The van der Waals surface area contributed by atoms with E-state index in [2.05, 4.69) is 25.1 Å². The lowest BCUT2D eigenvalue weighted by Crippen LogP contribution is -2.35. The van der Waals surface area contributed by atoms with Crippen LogP contribution >= 0.6 is 0 Å². The summed E-state index contributed by atoms with van der Waals surface area (Å²) < 4.78 is 11.0. The van der Waals surface area contributed by atoms with Crippen LogP contribution in [0.15, 0.2) is 35.4 Å². The van der Waals surface area contributed by atoms with Crippen LogP contribution < -0.4 is 4.74 Å². The lowest BCUT2D eigenvalue weighted by atomic mass is 9.69. The maximum absolute atomic E-state index is 11.4. The normalized spacial score (nSPS) is 28.0. The number of allylic oxidation sites excluding steroid dienone is 2. The molecule has 0 spiro atoms. The maximum atomic E-state index is 11.4. The largest absolute Gasteiger partial charge is 0.497 e. The molecule has 23 heavy (non-hydrogen) atoms. The molecule has 2 unspecified atom stereocenters. The van der Waals surface area contributed by atoms with Crippen molar-refractivity contribution >= 4 is 11.5 Å². The molecule has 3 heteroatoms. The molecular formula is C20H22O3. The van der Waals surface area contributed by atoms with Gasteiger partial charge in [-0.25, -0.2) is 0 Å². The molecule has 2 atom stereocenters. The SMILES string of the molecule is COc1ccc2c(c1)CC1=C2CCC2(C)C1=CCC2OC(C)=O. The van der Waals surface area contributed by atoms with E-state index < -0.39 is 0 Å². The highest BCUT2D eigenvalue weighted by Crippen LogP contribution is 2.56. The fourth-order valence-corrected chi connectivity index (χ4v) is 4.56. The van der Waals surface area contributed by atoms with Crippen molar-refractivity contribution in [3.05, 3.63) is 46.5 Å². The highest BCUT2D eigenvalue weighted by molar-refractivity contribution is 5.82. The van der Waals surface area contributed by atoms with Gasteiger partial charge in [-0.3, -0.25) is 4.79 Å². The molecule has 3 aliphatic rings. The van der Waals surface area contributed by atoms with Gasteiger partial charge in [-0.15, -0.1) is 0 Å². The molecule has 0 radical (unpaired) electrons. The van der Waals surface area contributed by atoms with Gasteiger partial charge in [0.25, 0.3) is 0 Å². The summed E-state index contributed by atoms with van der Waals surface area (Å²) in [6.45, 7) is 3.76. The Labute approximate surface area is 137 Å². The zero-order valence-electron chi connectivity index (χ0n) is 13.9. The summed E-state index contributed by atoms with van der Waals surface area (Å²) in [4.78, 5) is 11.4. The van der Waals surface area contributed by atoms with Crippen LogP contribution in [0.25, 0.3) is 5.57 Å². The Bertz CT molecular complexity index is 756. The summed E-state index contributed by atoms with van der Waals surface area (Å²) in [7, 11) is 1.71. The molecule has 120 valence electrons. The number of benzene rings is 1. The average molecular weight is 310 g/mol. The van der Waals surface area contributed by atoms with Gasteiger partial charge in [0.2, 0.25) is 0 Å². The minimum atomic E-state index is -0.176. The first-order valence-electron chi connectivity index (χ1n) is 8.30. The van der Waals surface area contributed by atoms with E-state index in [1.54, 1.807) is 7.11 Å². The Morgan fingerprint density at radius 2 is 2.13 bits per heavy atom. The topological polar surface area (TPSA) is 35.5 Å². The molecule has 0 amide bonds. The summed E-state index contributed by atoms with van der Waals surface area (Å²) in [6, 6.07) is 6.40. The molecule has 0 bridgehead atoms. The number of rotatable bonds is 2. The van der Waals surface area contributed by atoms with Crippen LogP contribution in [-0.4, -0.2) is 19.2 Å². The van der Waals surface area contributed by atoms with Gasteiger partial charge in [0, 0.05) is 18.8 Å². The third-order valence-electron chi connectivity index (χ3n) is 5.76. The van der Waals surface area contributed by atoms with Crippen molar-refractivity contribution in [2.45, 2.75) is 45.6 Å². The van der Waals surface area contributed by atoms with Gasteiger partial charge in [0.05, 0.1) is 7.11 Å². The first-order valence-corrected chi connectivity index (χ1v) is 8.30. The molecule has 4 rings (SSSR count). The number of fused-ring (bicyclic) bond motifs is 4. The van der Waals surface area contributed by atoms with E-state index in [4.69, 9.17) is 9.47 Å². The van der Waals surface area contributed by atoms with Crippen molar-refractivity contribution in [3.8, 4) is 5.75 Å². The Hall–Kier alpha value is -2.03. The number of methoxy groups -OCH3 is 1. The lowest BCUT2D eigenvalue weighted by Gasteiger charge is -2.38. The number of esters is 1. The fourth-order valence-electron chi connectivity index (χ4n) is 4.56. The first kappa shape index (κ1) is 14.6. The molecular weight excluding hydrogens is 288 g/mol. The predicted molar refractivity (Wildman–Crippen MR) is 89.2 cm³/mol. The Morgan fingerprint density at radius 3 is 2.87 bits per heavy atom. The second kappa shape index (κ2) is 4.98. The molecule has 0 saturated heterocycles. The average Bonchev–Trinajstić information content (AvgIpc) is 3.04. The molecule has 0 N–H and O–H groups in total. The molecule has 0 fully saturated rings. The zero-order valence-corrected chi connectivity index (χ0v) is 13.9. The maximum Gasteiger partial charge on any atom is 0.302 e. The number of carbonyl (C=O) groups is 1. The number of carbonyl (C=O) groups excluding carboxylic acids is 1. The van der Waals surface area contributed by atoms with E-state index in [-0.39, 0.29) is 17.5 Å². The zero-order chi connectivity index (χ0) is 16.2. The van der Waals surface area contributed by atoms with Crippen LogP contribution in [0.3, 0.4) is 0 Å². The lowest BCUT2D eigenvalue weighted by molar-refractivity contribution is -0.150. The smallest absolute Gasteiger partial charge is 0.302 e. The van der Waals surface area contributed by atoms with Crippen LogP contribution in [-0.2, 0) is 16.0 Å². The van der Waals surface area contributed by atoms with Gasteiger partial charge in [-0.1, -0.05) is 19.1 Å². The summed E-state index contributed by atoms with van der Waals surface area (Å²) >= 11 is 0. The monoisotopic (exact) mass is 310 g/mol. The highest BCUT2D eigenvalue weighted by Gasteiger charge is 2.48. The standard InChI is InChI=1S/C20H22O3/c1-12(21)23-19-7-6-18-17-11-13-10-14(22-3)4-5-15(13)16(17)8-9-20(18,19)2/h4-6,10,19H,7-9,11H2,1-3H3. The van der Waals surface area contributed by atoms with E-state index >= 15 is 0 Å². The van der Waals surface area contributed by atoms with E-state index in [1.807, 2.05) is 6.07 Å². The van der Waals surface area contributed by atoms with E-state index in [0.29, 0.717) is 0 Å². The minimum Gasteiger partial charge on any atom is -0.497 e. The third kappa shape index (κ3) is 2.06. The second-order valence-electron chi connectivity index (χ2n) is 7.03. The summed E-state index contributed by atoms with van der Waals surface area (Å²) in [5, 5.41) is 0. The third-order valence-corrected chi connectivity index (χ3v) is 5.76. The van der Waals surface area contributed by atoms with Gasteiger partial charge >= 0.3 is 5.97 Å². The van der Waals surface area contributed by atoms with Gasteiger partial charge in [-0.05, 0) is 59.2 Å². The van der Waals surface area contributed by atoms with Crippen molar-refractivity contribution < 1.29 is 14.3 Å². The van der Waals surface area contributed by atoms with E-state index in [9.17, 15) is 4.79 Å². The van der Waals surface area contributed by atoms with Gasteiger partial charge in [0.15, 0.2) is 0 Å². The first-order chi connectivity index (χ1) is 11.0. The Morgan fingerprint density at radius 1 is 1.30 bits per heavy atom. The summed E-state index contributed by atoms with van der Waals surface area (Å²) in [5.74, 6) is 0.745. The van der Waals surface area contributed by atoms with Gasteiger partial charge in [-0.2, -0.15) is 0 Å². The Balaban J connectivity index is 1.70. The molecule has 0 heterocycles. The van der Waals surface area contributed by atoms with Crippen LogP contribution in [0, 0.1) is 5.41 Å². The van der Waals surface area contributed by atoms with E-state index in [0.717, 1.165) is 31.4 Å². The van der Waals surface area contributed by atoms with Crippen molar-refractivity contribution in [2.75, 3.05) is 7.11 Å². The molecule has 3 nitrogen and oxygen atoms in total. The van der Waals surface area contributed by atoms with Crippen molar-refractivity contribution in [3.63, 3.8) is 0 Å². The van der Waals surface area contributed by atoms with Gasteiger partial charge in [0.1, 0.15) is 11.9 Å². The van der Waals surface area contributed by atoms with Crippen molar-refractivity contribution in [1.82, 2.24) is 0 Å². The highest BCUT2D eigenvalue weighted by atomic mass is 16.5. The van der Waals surface area contributed by atoms with Crippen LogP contribution in [0.2, 0.25) is 0 Å². The molecule has 0 aliphatic heterocycles. The quantitative estimate of drug-likeness (QED) is 0.773. The Kier molecular flexibility index (Phi) is 3.15.